The first-order valence-corrected chi connectivity index (χ1v) is 18.0. The number of benzene rings is 2. The molecule has 0 spiro atoms. The average Bonchev–Trinajstić information content (AvgIpc) is 3.20. The molecule has 3 heterocycles. The van der Waals surface area contributed by atoms with Crippen LogP contribution in [0.2, 0.25) is 0 Å². The maximum atomic E-state index is 13.4. The second-order valence-corrected chi connectivity index (χ2v) is 13.6. The zero-order valence-electron chi connectivity index (χ0n) is 31.2. The second-order valence-electron chi connectivity index (χ2n) is 13.6. The Kier molecular flexibility index (Phi) is 15.4. The molecule has 3 saturated heterocycles. The summed E-state index contributed by atoms with van der Waals surface area (Å²) in [5.41, 5.74) is 1.02. The first-order valence-electron chi connectivity index (χ1n) is 18.0. The van der Waals surface area contributed by atoms with Crippen LogP contribution >= 0.6 is 0 Å². The van der Waals surface area contributed by atoms with Gasteiger partial charge in [-0.15, -0.1) is 0 Å². The molecule has 0 amide bonds. The minimum Gasteiger partial charge on any atom is -0.504 e. The Bertz CT molecular complexity index is 1640. The van der Waals surface area contributed by atoms with Gasteiger partial charge in [0, 0.05) is 6.08 Å². The van der Waals surface area contributed by atoms with E-state index in [0.717, 1.165) is 6.08 Å². The number of rotatable bonds is 15. The van der Waals surface area contributed by atoms with Crippen LogP contribution in [0.4, 0.5) is 0 Å². The van der Waals surface area contributed by atoms with E-state index in [-0.39, 0.29) is 36.0 Å². The molecule has 2 aromatic carbocycles. The topological polar surface area (TPSA) is 302 Å². The Balaban J connectivity index is 1.44. The van der Waals surface area contributed by atoms with E-state index >= 15 is 0 Å². The van der Waals surface area contributed by atoms with Crippen LogP contribution in [0.5, 0.6) is 23.0 Å². The monoisotopic (exact) mass is 814 g/mol. The molecule has 57 heavy (non-hydrogen) atoms. The van der Waals surface area contributed by atoms with Crippen molar-refractivity contribution in [2.45, 2.75) is 105 Å². The van der Waals surface area contributed by atoms with Crippen LogP contribution in [0.1, 0.15) is 18.1 Å². The number of ether oxygens (including phenoxy) is 9. The van der Waals surface area contributed by atoms with E-state index in [0.29, 0.717) is 11.1 Å². The first-order chi connectivity index (χ1) is 27.2. The zero-order chi connectivity index (χ0) is 41.6. The van der Waals surface area contributed by atoms with Crippen molar-refractivity contribution in [1.29, 1.82) is 0 Å². The average molecular weight is 815 g/mol. The number of carbonyl (C=O) groups is 1. The number of aromatic hydroxyl groups is 2. The standard InChI is InChI=1S/C37H50O20/c1-16-26(42)28(44)31(47)37(53-16)57-34-32(48)36(51-11-10-18-5-8-21(49-2)20(40)12-18)55-24(15-52-35-30(46)29(45)27(43)23(14-38)54-35)33(34)56-25(41)9-6-17-4-7-19(39)22(13-17)50-3/h4-9,12-13,16,23-24,26-40,42-48H,10-11,14-15H2,1-3H3/b9-6+/t16-,23+,24+,26-,27+,28+,29-,30+,31+,32+,33+,34+,35+,36+,37+/m0/s1. The Labute approximate surface area is 326 Å². The van der Waals surface area contributed by atoms with Gasteiger partial charge in [0.15, 0.2) is 48.0 Å². The highest BCUT2D eigenvalue weighted by Gasteiger charge is 2.53. The summed E-state index contributed by atoms with van der Waals surface area (Å²) in [5.74, 6) is -0.938. The predicted molar refractivity (Wildman–Crippen MR) is 190 cm³/mol. The molecule has 10 N–H and O–H groups in total. The van der Waals surface area contributed by atoms with E-state index in [4.69, 9.17) is 42.6 Å². The van der Waals surface area contributed by atoms with Crippen LogP contribution in [0.15, 0.2) is 42.5 Å². The summed E-state index contributed by atoms with van der Waals surface area (Å²) in [6, 6.07) is 8.92. The van der Waals surface area contributed by atoms with Gasteiger partial charge in [-0.25, -0.2) is 4.79 Å². The zero-order valence-corrected chi connectivity index (χ0v) is 31.2. The quantitative estimate of drug-likeness (QED) is 0.0652. The van der Waals surface area contributed by atoms with Crippen molar-refractivity contribution < 1.29 is 98.5 Å². The number of phenolic OH excluding ortho intramolecular Hbond substituents is 2. The molecule has 0 saturated carbocycles. The number of hydrogen-bond donors (Lipinski definition) is 10. The molecule has 15 atom stereocenters. The lowest BCUT2D eigenvalue weighted by Gasteiger charge is -2.47. The summed E-state index contributed by atoms with van der Waals surface area (Å²) in [5, 5.41) is 104. The van der Waals surface area contributed by atoms with Crippen molar-refractivity contribution in [1.82, 2.24) is 0 Å². The fourth-order valence-corrected chi connectivity index (χ4v) is 6.46. The molecule has 20 heteroatoms. The molecule has 0 radical (unpaired) electrons. The number of methoxy groups -OCH3 is 2. The third-order valence-corrected chi connectivity index (χ3v) is 9.77. The van der Waals surface area contributed by atoms with E-state index in [9.17, 15) is 55.9 Å². The molecule has 0 bridgehead atoms. The molecule has 3 aliphatic rings. The second kappa shape index (κ2) is 19.8. The molecule has 3 aliphatic heterocycles. The van der Waals surface area contributed by atoms with Gasteiger partial charge in [0.25, 0.3) is 0 Å². The van der Waals surface area contributed by atoms with Gasteiger partial charge in [0.2, 0.25) is 0 Å². The van der Waals surface area contributed by atoms with Crippen molar-refractivity contribution in [2.24, 2.45) is 0 Å². The summed E-state index contributed by atoms with van der Waals surface area (Å²) >= 11 is 0. The van der Waals surface area contributed by atoms with Crippen LogP contribution in [0.25, 0.3) is 6.08 Å². The Hall–Kier alpha value is -3.71. The van der Waals surface area contributed by atoms with Crippen molar-refractivity contribution in [3.63, 3.8) is 0 Å². The Morgan fingerprint density at radius 3 is 2.05 bits per heavy atom. The van der Waals surface area contributed by atoms with Crippen molar-refractivity contribution in [2.75, 3.05) is 34.0 Å². The Morgan fingerprint density at radius 1 is 0.702 bits per heavy atom. The van der Waals surface area contributed by atoms with Crippen LogP contribution in [-0.2, 0) is 44.4 Å². The maximum Gasteiger partial charge on any atom is 0.331 e. The van der Waals surface area contributed by atoms with E-state index in [1.807, 2.05) is 0 Å². The number of aliphatic hydroxyl groups excluding tert-OH is 8. The molecule has 0 aliphatic carbocycles. The maximum absolute atomic E-state index is 13.4. The third kappa shape index (κ3) is 10.5. The fraction of sp³-hybridized carbons (Fsp3) is 0.595. The van der Waals surface area contributed by atoms with E-state index in [2.05, 4.69) is 0 Å². The van der Waals surface area contributed by atoms with Gasteiger partial charge in [-0.05, 0) is 54.8 Å². The predicted octanol–water partition coefficient (Wildman–Crippen LogP) is -2.59. The minimum absolute atomic E-state index is 0.121. The van der Waals surface area contributed by atoms with Gasteiger partial charge in [-0.3, -0.25) is 0 Å². The fourth-order valence-electron chi connectivity index (χ4n) is 6.46. The van der Waals surface area contributed by atoms with Crippen LogP contribution in [-0.4, -0.2) is 183 Å². The number of carbonyl (C=O) groups excluding carboxylic acids is 1. The largest absolute Gasteiger partial charge is 0.504 e. The van der Waals surface area contributed by atoms with Crippen molar-refractivity contribution in [3.05, 3.63) is 53.6 Å². The van der Waals surface area contributed by atoms with E-state index in [1.54, 1.807) is 12.1 Å². The van der Waals surface area contributed by atoms with Crippen LogP contribution in [0, 0.1) is 0 Å². The van der Waals surface area contributed by atoms with Gasteiger partial charge >= 0.3 is 5.97 Å². The third-order valence-electron chi connectivity index (χ3n) is 9.77. The normalized spacial score (nSPS) is 35.9. The lowest BCUT2D eigenvalue weighted by atomic mass is 9.96. The molecule has 0 aromatic heterocycles. The summed E-state index contributed by atoms with van der Waals surface area (Å²) in [7, 11) is 2.73. The molecule has 0 unspecified atom stereocenters. The first kappa shape index (κ1) is 44.4. The SMILES string of the molecule is COc1ccc(CCO[C@@H]2O[C@H](CO[C@@H]3O[C@H](CO)[C@@H](O)[C@H](O)[C@H]3O)[C@@H](OC(=O)/C=C/c3ccc(O)c(OC)c3)[C@H](O[C@H]3O[C@@H](C)[C@H](O)[C@@H](O)[C@H]3O)[C@H]2O)cc1O. The molecule has 2 aromatic rings. The summed E-state index contributed by atoms with van der Waals surface area (Å²) in [6.07, 6.45) is -22.0. The van der Waals surface area contributed by atoms with Crippen LogP contribution in [0.3, 0.4) is 0 Å². The summed E-state index contributed by atoms with van der Waals surface area (Å²) < 4.78 is 50.8. The number of esters is 1. The van der Waals surface area contributed by atoms with Crippen LogP contribution < -0.4 is 9.47 Å². The van der Waals surface area contributed by atoms with E-state index < -0.39 is 111 Å². The molecule has 5 rings (SSSR count). The van der Waals surface area contributed by atoms with Gasteiger partial charge < -0.3 is 93.7 Å². The number of aliphatic hydroxyl groups is 8. The minimum atomic E-state index is -1.86. The lowest BCUT2D eigenvalue weighted by molar-refractivity contribution is -0.364. The Morgan fingerprint density at radius 2 is 1.37 bits per heavy atom. The van der Waals surface area contributed by atoms with Crippen molar-refractivity contribution >= 4 is 12.0 Å². The van der Waals surface area contributed by atoms with Gasteiger partial charge in [-0.2, -0.15) is 0 Å². The smallest absolute Gasteiger partial charge is 0.331 e. The van der Waals surface area contributed by atoms with Gasteiger partial charge in [0.1, 0.15) is 61.0 Å². The van der Waals surface area contributed by atoms with E-state index in [1.165, 1.54) is 51.5 Å². The molecular weight excluding hydrogens is 764 g/mol. The molecule has 3 fully saturated rings. The molecule has 20 nitrogen and oxygen atoms in total. The van der Waals surface area contributed by atoms with Crippen molar-refractivity contribution in [3.8, 4) is 23.0 Å². The van der Waals surface area contributed by atoms with Gasteiger partial charge in [0.05, 0.1) is 40.1 Å². The van der Waals surface area contributed by atoms with Gasteiger partial charge in [-0.1, -0.05) is 12.1 Å². The summed E-state index contributed by atoms with van der Waals surface area (Å²) in [4.78, 5) is 13.4. The number of phenols is 2. The molecule has 318 valence electrons. The highest BCUT2D eigenvalue weighted by molar-refractivity contribution is 5.87. The highest BCUT2D eigenvalue weighted by Crippen LogP contribution is 2.33. The lowest BCUT2D eigenvalue weighted by Crippen LogP contribution is -2.65. The summed E-state index contributed by atoms with van der Waals surface area (Å²) in [6.45, 7) is -0.132. The highest BCUT2D eigenvalue weighted by atomic mass is 16.8. The number of hydrogen-bond acceptors (Lipinski definition) is 20. The molecular formula is C37H50O20.